The summed E-state index contributed by atoms with van der Waals surface area (Å²) in [4.78, 5) is 2.40. The van der Waals surface area contributed by atoms with E-state index >= 15 is 0 Å². The number of benzene rings is 6. The van der Waals surface area contributed by atoms with Crippen LogP contribution in [0.3, 0.4) is 0 Å². The Hall–Kier alpha value is -4.62. The number of fused-ring (bicyclic) bond motifs is 5. The highest BCUT2D eigenvalue weighted by atomic mass is 15.1. The Morgan fingerprint density at radius 3 is 2.05 bits per heavy atom. The van der Waals surface area contributed by atoms with Crippen molar-refractivity contribution in [1.82, 2.24) is 0 Å². The zero-order valence-corrected chi connectivity index (χ0v) is 21.6. The zero-order valence-electron chi connectivity index (χ0n) is 21.6. The first-order chi connectivity index (χ1) is 18.8. The monoisotopic (exact) mass is 487 g/mol. The molecule has 0 saturated carbocycles. The van der Waals surface area contributed by atoms with Crippen molar-refractivity contribution in [1.29, 1.82) is 0 Å². The van der Waals surface area contributed by atoms with Gasteiger partial charge in [-0.2, -0.15) is 0 Å². The van der Waals surface area contributed by atoms with Gasteiger partial charge in [-0.15, -0.1) is 0 Å². The molecule has 6 aromatic rings. The minimum Gasteiger partial charge on any atom is -0.310 e. The third-order valence-corrected chi connectivity index (χ3v) is 7.75. The van der Waals surface area contributed by atoms with Crippen molar-refractivity contribution in [2.45, 2.75) is 19.8 Å². The molecule has 38 heavy (non-hydrogen) atoms. The summed E-state index contributed by atoms with van der Waals surface area (Å²) >= 11 is 0. The molecule has 0 spiro atoms. The normalized spacial score (nSPS) is 12.6. The second-order valence-electron chi connectivity index (χ2n) is 10.2. The predicted octanol–water partition coefficient (Wildman–Crippen LogP) is 10.4. The van der Waals surface area contributed by atoms with Gasteiger partial charge in [0, 0.05) is 16.8 Å². The van der Waals surface area contributed by atoms with Crippen molar-refractivity contribution in [3.8, 4) is 11.1 Å². The Balaban J connectivity index is 1.59. The van der Waals surface area contributed by atoms with Gasteiger partial charge >= 0.3 is 0 Å². The van der Waals surface area contributed by atoms with E-state index in [0.717, 1.165) is 24.2 Å². The Labute approximate surface area is 224 Å². The standard InChI is InChI=1S/C37H29N/c1-26-20-22-30(23-21-26)38(29-14-6-3-7-15-29)36-25-28-24-35(27-12-4-2-5-13-27)31-16-8-10-18-33(31)37(28)34-19-11-9-17-32(34)36/h2-7,9-15,17-25H,8,16H2,1H3. The topological polar surface area (TPSA) is 3.24 Å². The molecule has 0 radical (unpaired) electrons. The van der Waals surface area contributed by atoms with Crippen LogP contribution in [0.2, 0.25) is 0 Å². The molecular formula is C37H29N. The number of aryl methyl sites for hydroxylation is 1. The van der Waals surface area contributed by atoms with Crippen molar-refractivity contribution in [2.24, 2.45) is 0 Å². The molecule has 6 aromatic carbocycles. The molecule has 0 unspecified atom stereocenters. The third-order valence-electron chi connectivity index (χ3n) is 7.75. The second-order valence-corrected chi connectivity index (χ2v) is 10.2. The minimum absolute atomic E-state index is 1.07. The summed E-state index contributed by atoms with van der Waals surface area (Å²) in [6.45, 7) is 2.14. The molecule has 0 heterocycles. The smallest absolute Gasteiger partial charge is 0.0546 e. The van der Waals surface area contributed by atoms with Crippen LogP contribution in [-0.4, -0.2) is 0 Å². The van der Waals surface area contributed by atoms with Gasteiger partial charge in [0.15, 0.2) is 0 Å². The van der Waals surface area contributed by atoms with Crippen molar-refractivity contribution < 1.29 is 0 Å². The fourth-order valence-electron chi connectivity index (χ4n) is 5.97. The van der Waals surface area contributed by atoms with Crippen LogP contribution in [0.15, 0.2) is 127 Å². The van der Waals surface area contributed by atoms with Crippen LogP contribution < -0.4 is 4.90 Å². The van der Waals surface area contributed by atoms with Crippen LogP contribution in [0.25, 0.3) is 38.7 Å². The lowest BCUT2D eigenvalue weighted by molar-refractivity contribution is 0.992. The minimum atomic E-state index is 1.07. The van der Waals surface area contributed by atoms with Crippen LogP contribution in [0.4, 0.5) is 17.1 Å². The number of hydrogen-bond acceptors (Lipinski definition) is 1. The Morgan fingerprint density at radius 1 is 0.632 bits per heavy atom. The summed E-state index contributed by atoms with van der Waals surface area (Å²) in [7, 11) is 0. The zero-order chi connectivity index (χ0) is 25.5. The molecule has 0 atom stereocenters. The van der Waals surface area contributed by atoms with Gasteiger partial charge in [-0.3, -0.25) is 0 Å². The van der Waals surface area contributed by atoms with Crippen LogP contribution in [0, 0.1) is 6.92 Å². The van der Waals surface area contributed by atoms with E-state index in [1.807, 2.05) is 0 Å². The molecule has 0 fully saturated rings. The highest BCUT2D eigenvalue weighted by Crippen LogP contribution is 2.45. The van der Waals surface area contributed by atoms with E-state index in [1.54, 1.807) is 0 Å². The number of allylic oxidation sites excluding steroid dienone is 1. The first kappa shape index (κ1) is 22.6. The molecule has 1 heteroatoms. The van der Waals surface area contributed by atoms with Gasteiger partial charge < -0.3 is 4.90 Å². The molecule has 0 saturated heterocycles. The average molecular weight is 488 g/mol. The lowest BCUT2D eigenvalue weighted by Gasteiger charge is -2.28. The molecule has 0 amide bonds. The van der Waals surface area contributed by atoms with Gasteiger partial charge in [-0.05, 0) is 94.6 Å². The highest BCUT2D eigenvalue weighted by Gasteiger charge is 2.21. The van der Waals surface area contributed by atoms with Gasteiger partial charge in [0.1, 0.15) is 0 Å². The Bertz CT molecular complexity index is 1800. The van der Waals surface area contributed by atoms with Gasteiger partial charge in [0.05, 0.1) is 5.69 Å². The summed E-state index contributed by atoms with van der Waals surface area (Å²) < 4.78 is 0. The first-order valence-electron chi connectivity index (χ1n) is 13.4. The number of nitrogens with zero attached hydrogens (tertiary/aromatic N) is 1. The fraction of sp³-hybridized carbons (Fsp3) is 0.0811. The summed E-state index contributed by atoms with van der Waals surface area (Å²) in [5.74, 6) is 0. The number of hydrogen-bond donors (Lipinski definition) is 0. The molecular weight excluding hydrogens is 458 g/mol. The van der Waals surface area contributed by atoms with Crippen LogP contribution in [-0.2, 0) is 6.42 Å². The molecule has 0 bridgehead atoms. The van der Waals surface area contributed by atoms with Gasteiger partial charge in [0.2, 0.25) is 0 Å². The maximum absolute atomic E-state index is 2.43. The molecule has 7 rings (SSSR count). The fourth-order valence-corrected chi connectivity index (χ4v) is 5.97. The molecule has 1 aliphatic rings. The van der Waals surface area contributed by atoms with Crippen molar-refractivity contribution in [3.05, 3.63) is 144 Å². The molecule has 182 valence electrons. The SMILES string of the molecule is Cc1ccc(N(c2ccccc2)c2cc3cc(-c4ccccc4)c4c(c3c3ccccc23)C=CCC4)cc1. The number of rotatable bonds is 4. The van der Waals surface area contributed by atoms with E-state index in [0.29, 0.717) is 0 Å². The lowest BCUT2D eigenvalue weighted by atomic mass is 9.83. The van der Waals surface area contributed by atoms with E-state index in [9.17, 15) is 0 Å². The summed E-state index contributed by atoms with van der Waals surface area (Å²) in [5.41, 5.74) is 10.2. The maximum atomic E-state index is 2.43. The highest BCUT2D eigenvalue weighted by molar-refractivity contribution is 6.18. The van der Waals surface area contributed by atoms with Gasteiger partial charge in [-0.1, -0.05) is 103 Å². The number of anilines is 3. The summed E-state index contributed by atoms with van der Waals surface area (Å²) in [6.07, 6.45) is 6.85. The predicted molar refractivity (Wildman–Crippen MR) is 164 cm³/mol. The first-order valence-corrected chi connectivity index (χ1v) is 13.4. The molecule has 1 nitrogen and oxygen atoms in total. The number of para-hydroxylation sites is 1. The van der Waals surface area contributed by atoms with E-state index in [1.165, 1.54) is 55.0 Å². The van der Waals surface area contributed by atoms with E-state index in [-0.39, 0.29) is 0 Å². The molecule has 1 aliphatic carbocycles. The molecule has 0 aromatic heterocycles. The Morgan fingerprint density at radius 2 is 1.29 bits per heavy atom. The summed E-state index contributed by atoms with van der Waals surface area (Å²) in [5, 5.41) is 5.19. The van der Waals surface area contributed by atoms with E-state index in [2.05, 4.69) is 145 Å². The van der Waals surface area contributed by atoms with Gasteiger partial charge in [0.25, 0.3) is 0 Å². The molecule has 0 aliphatic heterocycles. The molecule has 0 N–H and O–H groups in total. The second kappa shape index (κ2) is 9.36. The largest absolute Gasteiger partial charge is 0.310 e. The summed E-state index contributed by atoms with van der Waals surface area (Å²) in [6, 6.07) is 44.2. The van der Waals surface area contributed by atoms with Crippen molar-refractivity contribution >= 4 is 44.7 Å². The van der Waals surface area contributed by atoms with Crippen LogP contribution in [0.1, 0.15) is 23.1 Å². The van der Waals surface area contributed by atoms with Crippen molar-refractivity contribution in [2.75, 3.05) is 4.90 Å². The van der Waals surface area contributed by atoms with Crippen LogP contribution >= 0.6 is 0 Å². The van der Waals surface area contributed by atoms with Crippen LogP contribution in [0.5, 0.6) is 0 Å². The Kier molecular flexibility index (Phi) is 5.56. The quantitative estimate of drug-likeness (QED) is 0.224. The maximum Gasteiger partial charge on any atom is 0.0546 e. The van der Waals surface area contributed by atoms with E-state index in [4.69, 9.17) is 0 Å². The third kappa shape index (κ3) is 3.79. The van der Waals surface area contributed by atoms with Crippen molar-refractivity contribution in [3.63, 3.8) is 0 Å². The van der Waals surface area contributed by atoms with E-state index < -0.39 is 0 Å². The lowest BCUT2D eigenvalue weighted by Crippen LogP contribution is -2.11. The van der Waals surface area contributed by atoms with Gasteiger partial charge in [-0.25, -0.2) is 0 Å². The average Bonchev–Trinajstić information content (AvgIpc) is 2.99.